The highest BCUT2D eigenvalue weighted by molar-refractivity contribution is 14.1. The molecular formula is C9H14IN3O2S. The highest BCUT2D eigenvalue weighted by Gasteiger charge is 2.10. The largest absolute Gasteiger partial charge is 0.300 e. The van der Waals surface area contributed by atoms with Gasteiger partial charge in [-0.2, -0.15) is 13.1 Å². The van der Waals surface area contributed by atoms with E-state index in [1.165, 1.54) is 0 Å². The number of anilines is 1. The number of hydrogen-bond donors (Lipinski definition) is 2. The third-order valence-electron chi connectivity index (χ3n) is 1.65. The zero-order valence-electron chi connectivity index (χ0n) is 9.07. The van der Waals surface area contributed by atoms with Crippen LogP contribution in [0.3, 0.4) is 0 Å². The van der Waals surface area contributed by atoms with Gasteiger partial charge in [-0.05, 0) is 40.6 Å². The van der Waals surface area contributed by atoms with Gasteiger partial charge in [-0.15, -0.1) is 0 Å². The molecule has 90 valence electrons. The molecule has 2 N–H and O–H groups in total. The molecule has 1 aromatic heterocycles. The summed E-state index contributed by atoms with van der Waals surface area (Å²) in [7, 11) is -3.51. The van der Waals surface area contributed by atoms with Gasteiger partial charge in [0.1, 0.15) is 5.82 Å². The van der Waals surface area contributed by atoms with Crippen LogP contribution < -0.4 is 9.44 Å². The SMILES string of the molecule is CC(C)CNS(=O)(=O)Nc1ccc(I)cn1. The van der Waals surface area contributed by atoms with Gasteiger partial charge in [0.15, 0.2) is 0 Å². The summed E-state index contributed by atoms with van der Waals surface area (Å²) in [4.78, 5) is 3.95. The fourth-order valence-corrected chi connectivity index (χ4v) is 2.23. The fraction of sp³-hybridized carbons (Fsp3) is 0.444. The minimum absolute atomic E-state index is 0.265. The first-order valence-corrected chi connectivity index (χ1v) is 7.34. The monoisotopic (exact) mass is 355 g/mol. The van der Waals surface area contributed by atoms with Gasteiger partial charge >= 0.3 is 0 Å². The van der Waals surface area contributed by atoms with E-state index in [1.807, 2.05) is 13.8 Å². The number of hydrogen-bond acceptors (Lipinski definition) is 3. The summed E-state index contributed by atoms with van der Waals surface area (Å²) in [6, 6.07) is 3.41. The number of rotatable bonds is 5. The molecule has 0 unspecified atom stereocenters. The van der Waals surface area contributed by atoms with E-state index < -0.39 is 10.2 Å². The van der Waals surface area contributed by atoms with Crippen molar-refractivity contribution < 1.29 is 8.42 Å². The lowest BCUT2D eigenvalue weighted by Crippen LogP contribution is -2.33. The number of nitrogens with one attached hydrogen (secondary N) is 2. The van der Waals surface area contributed by atoms with Gasteiger partial charge in [-0.25, -0.2) is 4.98 Å². The van der Waals surface area contributed by atoms with Crippen molar-refractivity contribution >= 4 is 38.6 Å². The van der Waals surface area contributed by atoms with Crippen molar-refractivity contribution in [1.82, 2.24) is 9.71 Å². The van der Waals surface area contributed by atoms with E-state index in [9.17, 15) is 8.42 Å². The molecule has 0 saturated carbocycles. The summed E-state index contributed by atoms with van der Waals surface area (Å²) in [6.45, 7) is 4.27. The molecule has 0 bridgehead atoms. The molecule has 1 aromatic rings. The number of halogens is 1. The molecule has 0 aromatic carbocycles. The van der Waals surface area contributed by atoms with Crippen molar-refractivity contribution in [2.45, 2.75) is 13.8 Å². The molecular weight excluding hydrogens is 341 g/mol. The quantitative estimate of drug-likeness (QED) is 0.788. The summed E-state index contributed by atoms with van der Waals surface area (Å²) >= 11 is 2.10. The van der Waals surface area contributed by atoms with Crippen LogP contribution in [-0.2, 0) is 10.2 Å². The molecule has 1 heterocycles. The van der Waals surface area contributed by atoms with E-state index >= 15 is 0 Å². The van der Waals surface area contributed by atoms with Gasteiger partial charge in [0.25, 0.3) is 10.2 Å². The Balaban J connectivity index is 2.62. The van der Waals surface area contributed by atoms with Crippen LogP contribution >= 0.6 is 22.6 Å². The highest BCUT2D eigenvalue weighted by atomic mass is 127. The lowest BCUT2D eigenvalue weighted by atomic mass is 10.2. The van der Waals surface area contributed by atoms with Crippen LogP contribution in [0.1, 0.15) is 13.8 Å². The summed E-state index contributed by atoms with van der Waals surface area (Å²) in [6.07, 6.45) is 1.60. The molecule has 0 aliphatic heterocycles. The second-order valence-corrected chi connectivity index (χ2v) is 6.45. The molecule has 0 radical (unpaired) electrons. The van der Waals surface area contributed by atoms with Crippen LogP contribution in [0.2, 0.25) is 0 Å². The zero-order valence-corrected chi connectivity index (χ0v) is 12.0. The molecule has 0 aliphatic rings. The Hall–Kier alpha value is -0.410. The smallest absolute Gasteiger partial charge is 0.255 e. The predicted molar refractivity (Wildman–Crippen MR) is 72.3 cm³/mol. The maximum Gasteiger partial charge on any atom is 0.300 e. The normalized spacial score (nSPS) is 11.8. The number of pyridine rings is 1. The molecule has 0 fully saturated rings. The van der Waals surface area contributed by atoms with Gasteiger partial charge in [0.2, 0.25) is 0 Å². The zero-order chi connectivity index (χ0) is 12.2. The first-order valence-electron chi connectivity index (χ1n) is 4.78. The van der Waals surface area contributed by atoms with E-state index in [-0.39, 0.29) is 5.92 Å². The van der Waals surface area contributed by atoms with Crippen molar-refractivity contribution in [2.24, 2.45) is 5.92 Å². The second kappa shape index (κ2) is 5.78. The Morgan fingerprint density at radius 2 is 2.12 bits per heavy atom. The Labute approximate surface area is 109 Å². The van der Waals surface area contributed by atoms with E-state index in [0.717, 1.165) is 3.57 Å². The van der Waals surface area contributed by atoms with Crippen LogP contribution in [0.25, 0.3) is 0 Å². The van der Waals surface area contributed by atoms with Crippen molar-refractivity contribution in [3.8, 4) is 0 Å². The average molecular weight is 355 g/mol. The van der Waals surface area contributed by atoms with Crippen LogP contribution in [-0.4, -0.2) is 19.9 Å². The second-order valence-electron chi connectivity index (χ2n) is 3.71. The van der Waals surface area contributed by atoms with E-state index in [0.29, 0.717) is 12.4 Å². The van der Waals surface area contributed by atoms with E-state index in [2.05, 4.69) is 37.0 Å². The Kier molecular flexibility index (Phi) is 4.93. The summed E-state index contributed by atoms with van der Waals surface area (Å²) in [5, 5.41) is 0. The minimum atomic E-state index is -3.51. The number of nitrogens with zero attached hydrogens (tertiary/aromatic N) is 1. The topological polar surface area (TPSA) is 71.1 Å². The molecule has 0 aliphatic carbocycles. The van der Waals surface area contributed by atoms with Gasteiger partial charge in [0, 0.05) is 16.3 Å². The molecule has 5 nitrogen and oxygen atoms in total. The highest BCUT2D eigenvalue weighted by Crippen LogP contribution is 2.08. The minimum Gasteiger partial charge on any atom is -0.255 e. The van der Waals surface area contributed by atoms with Gasteiger partial charge in [0.05, 0.1) is 0 Å². The third kappa shape index (κ3) is 5.08. The predicted octanol–water partition coefficient (Wildman–Crippen LogP) is 1.59. The molecule has 16 heavy (non-hydrogen) atoms. The van der Waals surface area contributed by atoms with Crippen molar-refractivity contribution in [1.29, 1.82) is 0 Å². The fourth-order valence-electron chi connectivity index (χ4n) is 0.886. The molecule has 0 amide bonds. The average Bonchev–Trinajstić information content (AvgIpc) is 2.19. The van der Waals surface area contributed by atoms with Crippen LogP contribution in [0.5, 0.6) is 0 Å². The summed E-state index contributed by atoms with van der Waals surface area (Å²) in [5.41, 5.74) is 0. The first kappa shape index (κ1) is 13.7. The van der Waals surface area contributed by atoms with Gasteiger partial charge < -0.3 is 0 Å². The summed E-state index contributed by atoms with van der Waals surface area (Å²) < 4.78 is 28.8. The van der Waals surface area contributed by atoms with Crippen LogP contribution in [0.4, 0.5) is 5.82 Å². The van der Waals surface area contributed by atoms with Crippen LogP contribution in [0, 0.1) is 9.49 Å². The van der Waals surface area contributed by atoms with Crippen LogP contribution in [0.15, 0.2) is 18.3 Å². The lowest BCUT2D eigenvalue weighted by molar-refractivity contribution is 0.564. The van der Waals surface area contributed by atoms with E-state index in [4.69, 9.17) is 0 Å². The first-order chi connectivity index (χ1) is 7.39. The van der Waals surface area contributed by atoms with E-state index in [1.54, 1.807) is 18.3 Å². The van der Waals surface area contributed by atoms with Crippen molar-refractivity contribution in [3.05, 3.63) is 21.9 Å². The van der Waals surface area contributed by atoms with Gasteiger partial charge in [-0.3, -0.25) is 4.72 Å². The lowest BCUT2D eigenvalue weighted by Gasteiger charge is -2.10. The molecule has 0 atom stereocenters. The Morgan fingerprint density at radius 3 is 2.62 bits per heavy atom. The number of aromatic nitrogens is 1. The standard InChI is InChI=1S/C9H14IN3O2S/c1-7(2)5-12-16(14,15)13-9-4-3-8(10)6-11-9/h3-4,6-7,12H,5H2,1-2H3,(H,11,13). The Morgan fingerprint density at radius 1 is 1.44 bits per heavy atom. The molecule has 7 heteroatoms. The third-order valence-corrected chi connectivity index (χ3v) is 3.31. The molecule has 0 saturated heterocycles. The molecule has 0 spiro atoms. The molecule has 1 rings (SSSR count). The maximum atomic E-state index is 11.5. The maximum absolute atomic E-state index is 11.5. The Bertz CT molecular complexity index is 431. The van der Waals surface area contributed by atoms with Crippen molar-refractivity contribution in [2.75, 3.05) is 11.3 Å². The summed E-state index contributed by atoms with van der Waals surface area (Å²) in [5.74, 6) is 0.581. The van der Waals surface area contributed by atoms with Gasteiger partial charge in [-0.1, -0.05) is 13.8 Å². The van der Waals surface area contributed by atoms with Crippen molar-refractivity contribution in [3.63, 3.8) is 0 Å².